The van der Waals surface area contributed by atoms with E-state index in [1.807, 2.05) is 182 Å². The van der Waals surface area contributed by atoms with Gasteiger partial charge in [0.2, 0.25) is 0 Å². The van der Waals surface area contributed by atoms with Crippen molar-refractivity contribution in [2.75, 3.05) is 0 Å². The van der Waals surface area contributed by atoms with Crippen LogP contribution in [0.2, 0.25) is 0 Å². The molecule has 0 saturated heterocycles. The van der Waals surface area contributed by atoms with Crippen molar-refractivity contribution in [3.05, 3.63) is 235 Å². The molecule has 0 aliphatic heterocycles. The second kappa shape index (κ2) is 17.2. The summed E-state index contributed by atoms with van der Waals surface area (Å²) in [5, 5.41) is 0. The molecule has 0 aliphatic carbocycles. The number of aryl methyl sites for hydroxylation is 3. The Morgan fingerprint density at radius 2 is 0.508 bits per heavy atom. The summed E-state index contributed by atoms with van der Waals surface area (Å²) in [4.78, 5) is 14.4. The van der Waals surface area contributed by atoms with Crippen molar-refractivity contribution >= 4 is 0 Å². The number of aromatic nitrogens is 3. The largest absolute Gasteiger partial charge is 0.256 e. The first-order valence-corrected chi connectivity index (χ1v) is 20.7. The van der Waals surface area contributed by atoms with Gasteiger partial charge in [0.05, 0.1) is 17.1 Å². The van der Waals surface area contributed by atoms with Crippen LogP contribution in [-0.2, 0) is 0 Å². The van der Waals surface area contributed by atoms with Crippen LogP contribution in [-0.4, -0.2) is 15.0 Å². The SMILES string of the molecule is [2H]C([2H])([2H])c1cc(-c2ccccc2)ncc1-c1ccccc1-c1cc(-c2ccccc2-c2cnc(-c3ccccc3)cc2C([2H])([2H])[2H])cc(-c2ccccc2-c2cnc(-c3ccccc3)cc2C([2H])([2H])[2H])c1. The minimum absolute atomic E-state index is 0.142. The zero-order valence-corrected chi connectivity index (χ0v) is 34.1. The molecule has 0 unspecified atom stereocenters. The lowest BCUT2D eigenvalue weighted by Crippen LogP contribution is -1.95. The molecule has 10 rings (SSSR count). The smallest absolute Gasteiger partial charge is 0.0705 e. The molecule has 0 saturated carbocycles. The van der Waals surface area contributed by atoms with E-state index in [0.29, 0.717) is 83.8 Å². The molecule has 3 heteroatoms. The van der Waals surface area contributed by atoms with Crippen LogP contribution in [0.3, 0.4) is 0 Å². The number of rotatable bonds is 9. The lowest BCUT2D eigenvalue weighted by atomic mass is 9.85. The lowest BCUT2D eigenvalue weighted by molar-refractivity contribution is 1.28. The van der Waals surface area contributed by atoms with Gasteiger partial charge in [-0.3, -0.25) is 15.0 Å². The van der Waals surface area contributed by atoms with E-state index in [0.717, 1.165) is 16.7 Å². The van der Waals surface area contributed by atoms with E-state index in [9.17, 15) is 0 Å². The van der Waals surface area contributed by atoms with Gasteiger partial charge in [0.1, 0.15) is 0 Å². The van der Waals surface area contributed by atoms with Crippen LogP contribution in [0.4, 0.5) is 0 Å². The molecule has 0 bridgehead atoms. The normalized spacial score (nSPS) is 13.8. The zero-order chi connectivity index (χ0) is 50.2. The topological polar surface area (TPSA) is 38.7 Å². The van der Waals surface area contributed by atoms with E-state index in [1.165, 1.54) is 0 Å². The Balaban J connectivity index is 1.22. The van der Waals surface area contributed by atoms with Crippen LogP contribution in [0.15, 0.2) is 219 Å². The third-order valence-corrected chi connectivity index (χ3v) is 11.4. The molecule has 10 aromatic rings. The van der Waals surface area contributed by atoms with Crippen molar-refractivity contribution in [1.82, 2.24) is 15.0 Å². The maximum absolute atomic E-state index is 8.76. The van der Waals surface area contributed by atoms with Crippen LogP contribution in [0.25, 0.3) is 101 Å². The van der Waals surface area contributed by atoms with Crippen molar-refractivity contribution in [3.8, 4) is 101 Å². The summed E-state index contributed by atoms with van der Waals surface area (Å²) in [6.45, 7) is -7.52. The highest BCUT2D eigenvalue weighted by molar-refractivity contribution is 5.95. The Labute approximate surface area is 382 Å². The maximum Gasteiger partial charge on any atom is 0.0705 e. The molecule has 3 heterocycles. The molecule has 0 atom stereocenters. The van der Waals surface area contributed by atoms with Gasteiger partial charge in [-0.15, -0.1) is 0 Å². The third-order valence-electron chi connectivity index (χ3n) is 11.4. The predicted octanol–water partition coefficient (Wildman–Crippen LogP) is 15.8. The van der Waals surface area contributed by atoms with E-state index in [1.54, 1.807) is 36.8 Å². The summed E-state index contributed by atoms with van der Waals surface area (Å²) in [6.07, 6.45) is 4.88. The van der Waals surface area contributed by atoms with Gasteiger partial charge in [0.15, 0.2) is 0 Å². The third kappa shape index (κ3) is 7.89. The van der Waals surface area contributed by atoms with Crippen LogP contribution in [0, 0.1) is 20.6 Å². The summed E-state index contributed by atoms with van der Waals surface area (Å²) < 4.78 is 78.9. The fourth-order valence-corrected chi connectivity index (χ4v) is 8.31. The highest BCUT2D eigenvalue weighted by Crippen LogP contribution is 2.43. The second-order valence-corrected chi connectivity index (χ2v) is 15.4. The van der Waals surface area contributed by atoms with E-state index in [2.05, 4.69) is 0 Å². The van der Waals surface area contributed by atoms with Crippen LogP contribution in [0.1, 0.15) is 29.0 Å². The number of hydrogen-bond donors (Lipinski definition) is 0. The molecular weight excluding hydrogens is 763 g/mol. The molecule has 0 N–H and O–H groups in total. The lowest BCUT2D eigenvalue weighted by Gasteiger charge is -2.19. The quantitative estimate of drug-likeness (QED) is 0.146. The molecular formula is C60H45N3. The second-order valence-electron chi connectivity index (χ2n) is 15.4. The molecule has 300 valence electrons. The van der Waals surface area contributed by atoms with E-state index in [4.69, 9.17) is 27.3 Å². The van der Waals surface area contributed by atoms with Crippen LogP contribution < -0.4 is 0 Å². The van der Waals surface area contributed by atoms with E-state index < -0.39 is 20.6 Å². The first-order chi connectivity index (χ1) is 34.6. The van der Waals surface area contributed by atoms with Crippen molar-refractivity contribution < 1.29 is 12.3 Å². The zero-order valence-electron chi connectivity index (χ0n) is 43.1. The molecule has 0 radical (unpaired) electrons. The minimum Gasteiger partial charge on any atom is -0.256 e. The average Bonchev–Trinajstić information content (AvgIpc) is 3.40. The molecule has 3 nitrogen and oxygen atoms in total. The van der Waals surface area contributed by atoms with Gasteiger partial charge >= 0.3 is 0 Å². The molecule has 0 aliphatic rings. The van der Waals surface area contributed by atoms with Crippen molar-refractivity contribution in [1.29, 1.82) is 0 Å². The Bertz CT molecular complexity index is 3200. The Kier molecular flexibility index (Phi) is 8.20. The Hall–Kier alpha value is -8.01. The highest BCUT2D eigenvalue weighted by atomic mass is 14.7. The first kappa shape index (κ1) is 30.1. The summed E-state index contributed by atoms with van der Waals surface area (Å²) in [7, 11) is 0. The van der Waals surface area contributed by atoms with Gasteiger partial charge in [0.25, 0.3) is 0 Å². The fraction of sp³-hybridized carbons (Fsp3) is 0.0500. The molecule has 3 aromatic heterocycles. The highest BCUT2D eigenvalue weighted by Gasteiger charge is 2.19. The van der Waals surface area contributed by atoms with Gasteiger partial charge < -0.3 is 0 Å². The van der Waals surface area contributed by atoms with Gasteiger partial charge in [0, 0.05) is 64.3 Å². The fourth-order valence-electron chi connectivity index (χ4n) is 8.31. The molecule has 7 aromatic carbocycles. The first-order valence-electron chi connectivity index (χ1n) is 25.2. The van der Waals surface area contributed by atoms with E-state index >= 15 is 0 Å². The van der Waals surface area contributed by atoms with E-state index in [-0.39, 0.29) is 16.7 Å². The summed E-state index contributed by atoms with van der Waals surface area (Å²) in [6, 6.07) is 62.2. The van der Waals surface area contributed by atoms with Crippen LogP contribution in [0.5, 0.6) is 0 Å². The minimum atomic E-state index is -2.51. The Morgan fingerprint density at radius 3 is 0.778 bits per heavy atom. The molecule has 0 fully saturated rings. The van der Waals surface area contributed by atoms with Crippen molar-refractivity contribution in [2.24, 2.45) is 0 Å². The summed E-state index contributed by atoms with van der Waals surface area (Å²) in [5.74, 6) is 0. The van der Waals surface area contributed by atoms with Crippen molar-refractivity contribution in [3.63, 3.8) is 0 Å². The van der Waals surface area contributed by atoms with Crippen LogP contribution >= 0.6 is 0 Å². The number of pyridine rings is 3. The number of hydrogen-bond acceptors (Lipinski definition) is 3. The molecule has 0 amide bonds. The monoisotopic (exact) mass is 816 g/mol. The molecule has 0 spiro atoms. The van der Waals surface area contributed by atoms with Gasteiger partial charge in [-0.1, -0.05) is 164 Å². The van der Waals surface area contributed by atoms with Gasteiger partial charge in [-0.05, 0) is 124 Å². The number of benzene rings is 7. The predicted molar refractivity (Wildman–Crippen MR) is 263 cm³/mol. The number of nitrogens with zero attached hydrogens (tertiary/aromatic N) is 3. The Morgan fingerprint density at radius 1 is 0.254 bits per heavy atom. The molecule has 63 heavy (non-hydrogen) atoms. The summed E-state index contributed by atoms with van der Waals surface area (Å²) in [5.41, 5.74) is 11.9. The summed E-state index contributed by atoms with van der Waals surface area (Å²) >= 11 is 0. The standard InChI is InChI=1S/C60H45N3/c1-40-31-58(43-19-7-4-8-20-43)61-37-55(40)52-28-16-13-25-49(52)46-34-47(50-26-14-17-29-53(50)56-38-62-59(32-41(56)2)44-21-9-5-10-22-44)36-48(35-46)51-27-15-18-30-54(51)57-39-63-60(33-42(57)3)45-23-11-6-12-24-45/h4-39H,1-3H3/i1D3,2D3,3D3. The van der Waals surface area contributed by atoms with Crippen molar-refractivity contribution in [2.45, 2.75) is 20.6 Å². The maximum atomic E-state index is 8.76. The van der Waals surface area contributed by atoms with Gasteiger partial charge in [-0.2, -0.15) is 0 Å². The average molecular weight is 817 g/mol. The van der Waals surface area contributed by atoms with Gasteiger partial charge in [-0.25, -0.2) is 0 Å².